The molecule has 5 rings (SSSR count). The van der Waals surface area contributed by atoms with Gasteiger partial charge < -0.3 is 24.0 Å². The van der Waals surface area contributed by atoms with Gasteiger partial charge in [-0.25, -0.2) is 0 Å². The van der Waals surface area contributed by atoms with Crippen LogP contribution in [0.4, 0.5) is 5.69 Å². The number of amides is 1. The first-order valence-electron chi connectivity index (χ1n) is 12.5. The Kier molecular flexibility index (Phi) is 7.63. The maximum atomic E-state index is 13.6. The molecule has 1 amide bonds. The largest absolute Gasteiger partial charge is 0.494 e. The zero-order chi connectivity index (χ0) is 24.9. The zero-order valence-electron chi connectivity index (χ0n) is 20.5. The summed E-state index contributed by atoms with van der Waals surface area (Å²) < 4.78 is 17.3. The fraction of sp³-hybridized carbons (Fsp3) is 0.345. The van der Waals surface area contributed by atoms with E-state index in [0.29, 0.717) is 30.3 Å². The molecule has 7 heteroatoms. The van der Waals surface area contributed by atoms with Crippen molar-refractivity contribution in [2.24, 2.45) is 0 Å². The van der Waals surface area contributed by atoms with Crippen LogP contribution in [-0.2, 0) is 11.2 Å². The quantitative estimate of drug-likeness (QED) is 0.430. The standard InChI is InChI=1S/C29H31ClN2O4/c1-2-35-25-7-9-26(10-8-25)36-20-28-27-11-6-24(31-14-16-34-17-15-31)19-21(27)12-13-32(28)29(33)22-4-3-5-23(30)18-22/h3-11,18-19,28H,2,12-17,20H2,1H3. The van der Waals surface area contributed by atoms with Crippen molar-refractivity contribution in [3.63, 3.8) is 0 Å². The van der Waals surface area contributed by atoms with E-state index >= 15 is 0 Å². The molecule has 2 aliphatic heterocycles. The highest BCUT2D eigenvalue weighted by Gasteiger charge is 2.32. The Hall–Kier alpha value is -3.22. The summed E-state index contributed by atoms with van der Waals surface area (Å²) in [7, 11) is 0. The number of fused-ring (bicyclic) bond motifs is 1. The normalized spacial score (nSPS) is 17.4. The minimum absolute atomic E-state index is 0.0410. The lowest BCUT2D eigenvalue weighted by Crippen LogP contribution is -2.43. The molecule has 2 heterocycles. The number of halogens is 1. The smallest absolute Gasteiger partial charge is 0.254 e. The third kappa shape index (κ3) is 5.45. The number of ether oxygens (including phenoxy) is 3. The minimum Gasteiger partial charge on any atom is -0.494 e. The summed E-state index contributed by atoms with van der Waals surface area (Å²) in [6.45, 7) is 6.82. The lowest BCUT2D eigenvalue weighted by Gasteiger charge is -2.38. The summed E-state index contributed by atoms with van der Waals surface area (Å²) in [4.78, 5) is 17.9. The van der Waals surface area contributed by atoms with Gasteiger partial charge in [-0.1, -0.05) is 23.7 Å². The van der Waals surface area contributed by atoms with Gasteiger partial charge in [0.05, 0.1) is 25.9 Å². The average Bonchev–Trinajstić information content (AvgIpc) is 2.92. The Morgan fingerprint density at radius 1 is 0.972 bits per heavy atom. The molecule has 1 saturated heterocycles. The van der Waals surface area contributed by atoms with E-state index in [-0.39, 0.29) is 11.9 Å². The molecular weight excluding hydrogens is 476 g/mol. The molecule has 36 heavy (non-hydrogen) atoms. The van der Waals surface area contributed by atoms with Crippen molar-refractivity contribution >= 4 is 23.2 Å². The number of carbonyl (C=O) groups excluding carboxylic acids is 1. The maximum Gasteiger partial charge on any atom is 0.254 e. The van der Waals surface area contributed by atoms with Crippen molar-refractivity contribution in [3.05, 3.63) is 88.4 Å². The van der Waals surface area contributed by atoms with Crippen molar-refractivity contribution in [2.45, 2.75) is 19.4 Å². The molecule has 0 bridgehead atoms. The fourth-order valence-electron chi connectivity index (χ4n) is 4.90. The van der Waals surface area contributed by atoms with Crippen LogP contribution in [0.3, 0.4) is 0 Å². The molecular formula is C29H31ClN2O4. The van der Waals surface area contributed by atoms with Gasteiger partial charge in [-0.05, 0) is 79.1 Å². The fourth-order valence-corrected chi connectivity index (χ4v) is 5.09. The molecule has 0 spiro atoms. The highest BCUT2D eigenvalue weighted by Crippen LogP contribution is 2.35. The van der Waals surface area contributed by atoms with Crippen LogP contribution in [0.15, 0.2) is 66.7 Å². The van der Waals surface area contributed by atoms with E-state index in [9.17, 15) is 4.79 Å². The predicted molar refractivity (Wildman–Crippen MR) is 142 cm³/mol. The first-order chi connectivity index (χ1) is 17.6. The van der Waals surface area contributed by atoms with Gasteiger partial charge in [-0.3, -0.25) is 4.79 Å². The van der Waals surface area contributed by atoms with Crippen molar-refractivity contribution in [2.75, 3.05) is 51.0 Å². The van der Waals surface area contributed by atoms with Crippen LogP contribution in [0, 0.1) is 0 Å². The molecule has 1 unspecified atom stereocenters. The summed E-state index contributed by atoms with van der Waals surface area (Å²) in [6.07, 6.45) is 0.791. The highest BCUT2D eigenvalue weighted by molar-refractivity contribution is 6.30. The van der Waals surface area contributed by atoms with Gasteiger partial charge in [-0.2, -0.15) is 0 Å². The van der Waals surface area contributed by atoms with E-state index in [1.165, 1.54) is 11.3 Å². The molecule has 0 aliphatic carbocycles. The number of hydrogen-bond donors (Lipinski definition) is 0. The van der Waals surface area contributed by atoms with Crippen molar-refractivity contribution in [1.29, 1.82) is 0 Å². The van der Waals surface area contributed by atoms with Gasteiger partial charge in [0.2, 0.25) is 0 Å². The Bertz CT molecular complexity index is 1190. The minimum atomic E-state index is -0.217. The molecule has 0 aromatic heterocycles. The summed E-state index contributed by atoms with van der Waals surface area (Å²) >= 11 is 6.19. The summed E-state index contributed by atoms with van der Waals surface area (Å²) in [5.74, 6) is 1.51. The molecule has 2 aliphatic rings. The average molecular weight is 507 g/mol. The van der Waals surface area contributed by atoms with Gasteiger partial charge in [0.15, 0.2) is 0 Å². The van der Waals surface area contributed by atoms with E-state index in [1.807, 2.05) is 48.2 Å². The van der Waals surface area contributed by atoms with E-state index in [2.05, 4.69) is 23.1 Å². The van der Waals surface area contributed by atoms with Crippen molar-refractivity contribution in [3.8, 4) is 11.5 Å². The van der Waals surface area contributed by atoms with Crippen LogP contribution in [0.5, 0.6) is 11.5 Å². The second-order valence-electron chi connectivity index (χ2n) is 8.97. The topological polar surface area (TPSA) is 51.2 Å². The summed E-state index contributed by atoms with van der Waals surface area (Å²) in [5, 5.41) is 0.551. The molecule has 1 atom stereocenters. The predicted octanol–water partition coefficient (Wildman–Crippen LogP) is 5.39. The van der Waals surface area contributed by atoms with E-state index in [1.54, 1.807) is 12.1 Å². The first kappa shape index (κ1) is 24.5. The Morgan fingerprint density at radius 3 is 2.44 bits per heavy atom. The molecule has 188 valence electrons. The van der Waals surface area contributed by atoms with E-state index in [0.717, 1.165) is 49.8 Å². The monoisotopic (exact) mass is 506 g/mol. The van der Waals surface area contributed by atoms with E-state index in [4.69, 9.17) is 25.8 Å². The molecule has 0 N–H and O–H groups in total. The second kappa shape index (κ2) is 11.2. The van der Waals surface area contributed by atoms with Crippen LogP contribution in [0.25, 0.3) is 0 Å². The number of hydrogen-bond acceptors (Lipinski definition) is 5. The molecule has 0 radical (unpaired) electrons. The Labute approximate surface area is 217 Å². The van der Waals surface area contributed by atoms with Gasteiger partial charge in [0, 0.05) is 35.9 Å². The lowest BCUT2D eigenvalue weighted by atomic mass is 9.91. The first-order valence-corrected chi connectivity index (χ1v) is 12.9. The lowest BCUT2D eigenvalue weighted by molar-refractivity contribution is 0.0590. The number of morpholine rings is 1. The van der Waals surface area contributed by atoms with Gasteiger partial charge in [0.25, 0.3) is 5.91 Å². The van der Waals surface area contributed by atoms with Crippen LogP contribution >= 0.6 is 11.6 Å². The molecule has 6 nitrogen and oxygen atoms in total. The number of nitrogens with zero attached hydrogens (tertiary/aromatic N) is 2. The zero-order valence-corrected chi connectivity index (χ0v) is 21.2. The molecule has 3 aromatic rings. The number of carbonyl (C=O) groups is 1. The third-order valence-electron chi connectivity index (χ3n) is 6.74. The summed E-state index contributed by atoms with van der Waals surface area (Å²) in [6, 6.07) is 21.1. The van der Waals surface area contributed by atoms with Crippen LogP contribution < -0.4 is 14.4 Å². The Morgan fingerprint density at radius 2 is 1.72 bits per heavy atom. The van der Waals surface area contributed by atoms with Gasteiger partial charge in [-0.15, -0.1) is 0 Å². The number of anilines is 1. The highest BCUT2D eigenvalue weighted by atomic mass is 35.5. The molecule has 3 aromatic carbocycles. The molecule has 0 saturated carbocycles. The third-order valence-corrected chi connectivity index (χ3v) is 6.97. The van der Waals surface area contributed by atoms with Crippen LogP contribution in [0.2, 0.25) is 5.02 Å². The maximum absolute atomic E-state index is 13.6. The Balaban J connectivity index is 1.41. The second-order valence-corrected chi connectivity index (χ2v) is 9.41. The summed E-state index contributed by atoms with van der Waals surface area (Å²) in [5.41, 5.74) is 4.17. The van der Waals surface area contributed by atoms with Crippen molar-refractivity contribution in [1.82, 2.24) is 4.90 Å². The van der Waals surface area contributed by atoms with Crippen LogP contribution in [-0.4, -0.2) is 56.9 Å². The van der Waals surface area contributed by atoms with Gasteiger partial charge >= 0.3 is 0 Å². The SMILES string of the molecule is CCOc1ccc(OCC2c3ccc(N4CCOCC4)cc3CCN2C(=O)c2cccc(Cl)c2)cc1. The van der Waals surface area contributed by atoms with Crippen LogP contribution in [0.1, 0.15) is 34.5 Å². The van der Waals surface area contributed by atoms with Gasteiger partial charge in [0.1, 0.15) is 18.1 Å². The number of benzene rings is 3. The van der Waals surface area contributed by atoms with E-state index < -0.39 is 0 Å². The molecule has 1 fully saturated rings. The number of rotatable bonds is 7. The van der Waals surface area contributed by atoms with Crippen molar-refractivity contribution < 1.29 is 19.0 Å².